The predicted molar refractivity (Wildman–Crippen MR) is 256 cm³/mol. The molecule has 2 heterocycles. The second-order valence-electron chi connectivity index (χ2n) is 13.6. The summed E-state index contributed by atoms with van der Waals surface area (Å²) in [5.41, 5.74) is 13.1. The molecular formula is C56H48N4. The first kappa shape index (κ1) is 40.6. The van der Waals surface area contributed by atoms with Gasteiger partial charge in [0.25, 0.3) is 0 Å². The molecule has 0 fully saturated rings. The van der Waals surface area contributed by atoms with Gasteiger partial charge in [0.15, 0.2) is 17.5 Å². The molecule has 9 aromatic rings. The van der Waals surface area contributed by atoms with Crippen molar-refractivity contribution in [2.24, 2.45) is 0 Å². The molecular weight excluding hydrogens is 729 g/mol. The smallest absolute Gasteiger partial charge is 0.164 e. The van der Waals surface area contributed by atoms with Crippen molar-refractivity contribution in [1.82, 2.24) is 19.9 Å². The lowest BCUT2D eigenvalue weighted by atomic mass is 9.93. The van der Waals surface area contributed by atoms with E-state index in [1.54, 1.807) is 6.08 Å². The summed E-state index contributed by atoms with van der Waals surface area (Å²) in [6.07, 6.45) is 3.66. The molecule has 0 aliphatic heterocycles. The van der Waals surface area contributed by atoms with Gasteiger partial charge in [0.1, 0.15) is 0 Å². The van der Waals surface area contributed by atoms with Gasteiger partial charge in [-0.1, -0.05) is 211 Å². The van der Waals surface area contributed by atoms with Crippen molar-refractivity contribution in [3.05, 3.63) is 206 Å². The van der Waals surface area contributed by atoms with Crippen LogP contribution in [0.1, 0.15) is 39.0 Å². The van der Waals surface area contributed by atoms with E-state index in [9.17, 15) is 0 Å². The quantitative estimate of drug-likeness (QED) is 0.146. The number of hydrogen-bond donors (Lipinski definition) is 0. The minimum absolute atomic E-state index is 0.605. The van der Waals surface area contributed by atoms with E-state index < -0.39 is 0 Å². The van der Waals surface area contributed by atoms with Crippen LogP contribution in [0.3, 0.4) is 0 Å². The first-order chi connectivity index (χ1) is 29.6. The van der Waals surface area contributed by atoms with Crippen molar-refractivity contribution in [1.29, 1.82) is 0 Å². The van der Waals surface area contributed by atoms with Gasteiger partial charge < -0.3 is 0 Å². The van der Waals surface area contributed by atoms with Crippen LogP contribution in [-0.4, -0.2) is 19.9 Å². The third-order valence-electron chi connectivity index (χ3n) is 10.1. The zero-order valence-electron chi connectivity index (χ0n) is 34.7. The van der Waals surface area contributed by atoms with Crippen LogP contribution in [0, 0.1) is 0 Å². The highest BCUT2D eigenvalue weighted by Crippen LogP contribution is 2.37. The maximum Gasteiger partial charge on any atom is 0.164 e. The molecule has 0 unspecified atom stereocenters. The molecule has 0 N–H and O–H groups in total. The van der Waals surface area contributed by atoms with Gasteiger partial charge >= 0.3 is 0 Å². The highest BCUT2D eigenvalue weighted by Gasteiger charge is 2.16. The fourth-order valence-corrected chi connectivity index (χ4v) is 7.23. The Kier molecular flexibility index (Phi) is 13.0. The summed E-state index contributed by atoms with van der Waals surface area (Å²) in [7, 11) is 0. The molecule has 7 aromatic carbocycles. The van der Waals surface area contributed by atoms with E-state index >= 15 is 0 Å². The fourth-order valence-electron chi connectivity index (χ4n) is 7.23. The molecule has 0 bridgehead atoms. The van der Waals surface area contributed by atoms with Crippen LogP contribution >= 0.6 is 0 Å². The van der Waals surface area contributed by atoms with Crippen LogP contribution in [0.25, 0.3) is 102 Å². The van der Waals surface area contributed by atoms with E-state index in [-0.39, 0.29) is 0 Å². The van der Waals surface area contributed by atoms with Crippen LogP contribution in [0.15, 0.2) is 195 Å². The van der Waals surface area contributed by atoms with E-state index in [0.29, 0.717) is 17.5 Å². The second kappa shape index (κ2) is 19.3. The summed E-state index contributed by atoms with van der Waals surface area (Å²) < 4.78 is 0. The van der Waals surface area contributed by atoms with Gasteiger partial charge in [-0.25, -0.2) is 19.9 Å². The van der Waals surface area contributed by atoms with Crippen molar-refractivity contribution < 1.29 is 0 Å². The first-order valence-electron chi connectivity index (χ1n) is 20.6. The molecule has 2 aromatic heterocycles. The zero-order valence-corrected chi connectivity index (χ0v) is 34.7. The third-order valence-corrected chi connectivity index (χ3v) is 10.1. The molecule has 9 rings (SSSR count). The lowest BCUT2D eigenvalue weighted by molar-refractivity contribution is 1.07. The van der Waals surface area contributed by atoms with Crippen molar-refractivity contribution >= 4 is 22.9 Å². The predicted octanol–water partition coefficient (Wildman–Crippen LogP) is 15.4. The van der Waals surface area contributed by atoms with Gasteiger partial charge in [0.2, 0.25) is 0 Å². The summed E-state index contributed by atoms with van der Waals surface area (Å²) in [6.45, 7) is 16.1. The van der Waals surface area contributed by atoms with Crippen LogP contribution in [0.2, 0.25) is 0 Å². The van der Waals surface area contributed by atoms with E-state index in [1.807, 2.05) is 107 Å². The molecule has 0 aliphatic rings. The normalized spacial score (nSPS) is 10.5. The molecule has 0 radical (unpaired) electrons. The lowest BCUT2D eigenvalue weighted by Crippen LogP contribution is -2.00. The molecule has 4 heteroatoms. The molecule has 4 nitrogen and oxygen atoms in total. The fraction of sp³-hybridized carbons (Fsp3) is 0.0714. The van der Waals surface area contributed by atoms with Crippen LogP contribution in [0.4, 0.5) is 0 Å². The number of nitrogens with zero attached hydrogens (tertiary/aromatic N) is 4. The molecule has 0 saturated carbocycles. The number of aromatic nitrogens is 4. The molecule has 0 aliphatic carbocycles. The monoisotopic (exact) mass is 776 g/mol. The third kappa shape index (κ3) is 8.64. The Morgan fingerprint density at radius 3 is 1.12 bits per heavy atom. The largest absolute Gasteiger partial charge is 0.247 e. The molecule has 292 valence electrons. The Labute approximate surface area is 354 Å². The Bertz CT molecular complexity index is 2790. The Balaban J connectivity index is 0.00000132. The SMILES string of the molecule is C=Cc1nc(-c2ccc(-c3cc(-c4ccc(-c5ccccc5)cc4)cc(-c4nc(-c5ccccc5)nc(-c5ccccc5)n4)c3)cc2)c2ccccc2c1C=C.CC.CC. The van der Waals surface area contributed by atoms with E-state index in [4.69, 9.17) is 19.9 Å². The molecule has 0 saturated heterocycles. The summed E-state index contributed by atoms with van der Waals surface area (Å²) in [5, 5.41) is 2.17. The standard InChI is InChI=1S/C52H36N4.2C2H6/c1-3-45-46-22-14-15-23-47(46)49(53-48(45)4-2)39-30-28-38(29-31-39)43-32-42(37-26-24-36(25-27-37)35-16-8-5-9-17-35)33-44(34-43)52-55-50(40-18-10-6-11-19-40)54-51(56-52)41-20-12-7-13-21-41;2*1-2/h3-34H,1-2H2;2*1-2H3. The molecule has 0 atom stereocenters. The van der Waals surface area contributed by atoms with Crippen molar-refractivity contribution in [2.45, 2.75) is 27.7 Å². The van der Waals surface area contributed by atoms with E-state index in [0.717, 1.165) is 72.2 Å². The highest BCUT2D eigenvalue weighted by atomic mass is 15.0. The van der Waals surface area contributed by atoms with Gasteiger partial charge in [0.05, 0.1) is 11.4 Å². The summed E-state index contributed by atoms with van der Waals surface area (Å²) >= 11 is 0. The minimum Gasteiger partial charge on any atom is -0.247 e. The van der Waals surface area contributed by atoms with Gasteiger partial charge in [0, 0.05) is 33.2 Å². The van der Waals surface area contributed by atoms with Gasteiger partial charge in [-0.05, 0) is 63.0 Å². The number of hydrogen-bond acceptors (Lipinski definition) is 4. The Morgan fingerprint density at radius 2 is 0.667 bits per heavy atom. The second-order valence-corrected chi connectivity index (χ2v) is 13.6. The summed E-state index contributed by atoms with van der Waals surface area (Å²) in [4.78, 5) is 20.2. The molecule has 60 heavy (non-hydrogen) atoms. The zero-order chi connectivity index (χ0) is 41.8. The summed E-state index contributed by atoms with van der Waals surface area (Å²) in [6, 6.07) is 62.9. The summed E-state index contributed by atoms with van der Waals surface area (Å²) in [5.74, 6) is 1.85. The number of pyridine rings is 1. The number of benzene rings is 7. The average molecular weight is 777 g/mol. The van der Waals surface area contributed by atoms with Crippen LogP contribution < -0.4 is 0 Å². The van der Waals surface area contributed by atoms with Gasteiger partial charge in [-0.2, -0.15) is 0 Å². The molecule has 0 amide bonds. The van der Waals surface area contributed by atoms with Crippen LogP contribution in [0.5, 0.6) is 0 Å². The van der Waals surface area contributed by atoms with Crippen LogP contribution in [-0.2, 0) is 0 Å². The van der Waals surface area contributed by atoms with Crippen molar-refractivity contribution in [3.63, 3.8) is 0 Å². The van der Waals surface area contributed by atoms with Crippen molar-refractivity contribution in [2.75, 3.05) is 0 Å². The Morgan fingerprint density at radius 1 is 0.317 bits per heavy atom. The van der Waals surface area contributed by atoms with Gasteiger partial charge in [-0.3, -0.25) is 0 Å². The molecule has 0 spiro atoms. The van der Waals surface area contributed by atoms with E-state index in [1.165, 1.54) is 11.1 Å². The maximum absolute atomic E-state index is 5.09. The highest BCUT2D eigenvalue weighted by molar-refractivity contribution is 6.01. The number of fused-ring (bicyclic) bond motifs is 1. The Hall–Kier alpha value is -7.56. The number of rotatable bonds is 9. The minimum atomic E-state index is 0.605. The lowest BCUT2D eigenvalue weighted by Gasteiger charge is -2.14. The topological polar surface area (TPSA) is 51.6 Å². The van der Waals surface area contributed by atoms with E-state index in [2.05, 4.69) is 122 Å². The maximum atomic E-state index is 5.09. The van der Waals surface area contributed by atoms with Gasteiger partial charge in [-0.15, -0.1) is 0 Å². The van der Waals surface area contributed by atoms with Crippen molar-refractivity contribution in [3.8, 4) is 78.8 Å². The average Bonchev–Trinajstić information content (AvgIpc) is 3.35. The first-order valence-corrected chi connectivity index (χ1v) is 20.6.